The molecular formula is C13H17N5O. The zero-order valence-electron chi connectivity index (χ0n) is 10.8. The van der Waals surface area contributed by atoms with Crippen LogP contribution in [0.15, 0.2) is 12.3 Å². The largest absolute Gasteiger partial charge is 0.396 e. The van der Waals surface area contributed by atoms with Crippen LogP contribution >= 0.6 is 0 Å². The second kappa shape index (κ2) is 5.14. The minimum Gasteiger partial charge on any atom is -0.396 e. The van der Waals surface area contributed by atoms with E-state index in [0.29, 0.717) is 23.6 Å². The molecule has 0 bridgehead atoms. The summed E-state index contributed by atoms with van der Waals surface area (Å²) in [6.07, 6.45) is 3.16. The number of piperidine rings is 1. The van der Waals surface area contributed by atoms with Gasteiger partial charge in [-0.15, -0.1) is 0 Å². The molecular weight excluding hydrogens is 242 g/mol. The highest BCUT2D eigenvalue weighted by atomic mass is 16.1. The monoisotopic (exact) mass is 259 g/mol. The van der Waals surface area contributed by atoms with E-state index in [-0.39, 0.29) is 17.9 Å². The standard InChI is InChI=1S/C13H17N5O/c1-8-2-3-10(12(16)19)7-18(8)13-11(15)4-9(5-14)6-17-13/h4,6,8,10H,2-3,7,15H2,1H3,(H2,16,19). The van der Waals surface area contributed by atoms with E-state index >= 15 is 0 Å². The third-order valence-corrected chi connectivity index (χ3v) is 3.58. The summed E-state index contributed by atoms with van der Waals surface area (Å²) in [6, 6.07) is 3.85. The van der Waals surface area contributed by atoms with Crippen molar-refractivity contribution in [3.63, 3.8) is 0 Å². The van der Waals surface area contributed by atoms with Crippen molar-refractivity contribution >= 4 is 17.4 Å². The van der Waals surface area contributed by atoms with Crippen LogP contribution in [0.2, 0.25) is 0 Å². The molecule has 1 aromatic rings. The lowest BCUT2D eigenvalue weighted by Gasteiger charge is -2.38. The first-order valence-corrected chi connectivity index (χ1v) is 6.24. The number of anilines is 2. The molecule has 2 atom stereocenters. The molecule has 0 saturated carbocycles. The van der Waals surface area contributed by atoms with Gasteiger partial charge < -0.3 is 16.4 Å². The molecule has 4 N–H and O–H groups in total. The molecule has 1 aromatic heterocycles. The van der Waals surface area contributed by atoms with Crippen LogP contribution in [0, 0.1) is 17.2 Å². The molecule has 1 aliphatic rings. The number of nitrogens with two attached hydrogens (primary N) is 2. The number of carbonyl (C=O) groups is 1. The first-order chi connectivity index (χ1) is 9.02. The van der Waals surface area contributed by atoms with Crippen molar-refractivity contribution in [2.45, 2.75) is 25.8 Å². The number of hydrogen-bond donors (Lipinski definition) is 2. The summed E-state index contributed by atoms with van der Waals surface area (Å²) < 4.78 is 0. The number of amides is 1. The molecule has 0 radical (unpaired) electrons. The lowest BCUT2D eigenvalue weighted by atomic mass is 9.93. The van der Waals surface area contributed by atoms with Crippen LogP contribution in [0.4, 0.5) is 11.5 Å². The Bertz CT molecular complexity index is 536. The fraction of sp³-hybridized carbons (Fsp3) is 0.462. The molecule has 2 unspecified atom stereocenters. The number of hydrogen-bond acceptors (Lipinski definition) is 5. The SMILES string of the molecule is CC1CCC(C(N)=O)CN1c1ncc(C#N)cc1N. The zero-order valence-corrected chi connectivity index (χ0v) is 10.8. The maximum absolute atomic E-state index is 11.3. The number of nitriles is 1. The van der Waals surface area contributed by atoms with Gasteiger partial charge in [0, 0.05) is 18.8 Å². The van der Waals surface area contributed by atoms with Gasteiger partial charge in [0.2, 0.25) is 5.91 Å². The molecule has 19 heavy (non-hydrogen) atoms. The Labute approximate surface area is 112 Å². The minimum atomic E-state index is -0.288. The highest BCUT2D eigenvalue weighted by Crippen LogP contribution is 2.30. The summed E-state index contributed by atoms with van der Waals surface area (Å²) in [7, 11) is 0. The van der Waals surface area contributed by atoms with Crippen LogP contribution in [0.25, 0.3) is 0 Å². The van der Waals surface area contributed by atoms with E-state index in [9.17, 15) is 4.79 Å². The van der Waals surface area contributed by atoms with Crippen LogP contribution in [-0.2, 0) is 4.79 Å². The van der Waals surface area contributed by atoms with Gasteiger partial charge in [-0.1, -0.05) is 0 Å². The topological polar surface area (TPSA) is 109 Å². The Balaban J connectivity index is 2.29. The second-order valence-electron chi connectivity index (χ2n) is 4.93. The zero-order chi connectivity index (χ0) is 14.0. The fourth-order valence-electron chi connectivity index (χ4n) is 2.41. The number of primary amides is 1. The maximum atomic E-state index is 11.3. The van der Waals surface area contributed by atoms with Crippen molar-refractivity contribution in [1.82, 2.24) is 4.98 Å². The number of carbonyl (C=O) groups excluding carboxylic acids is 1. The summed E-state index contributed by atoms with van der Waals surface area (Å²) >= 11 is 0. The molecule has 6 nitrogen and oxygen atoms in total. The predicted molar refractivity (Wildman–Crippen MR) is 72.1 cm³/mol. The van der Waals surface area contributed by atoms with E-state index in [1.165, 1.54) is 6.20 Å². The minimum absolute atomic E-state index is 0.173. The quantitative estimate of drug-likeness (QED) is 0.809. The van der Waals surface area contributed by atoms with Gasteiger partial charge in [-0.2, -0.15) is 5.26 Å². The second-order valence-corrected chi connectivity index (χ2v) is 4.93. The van der Waals surface area contributed by atoms with Gasteiger partial charge in [0.15, 0.2) is 5.82 Å². The van der Waals surface area contributed by atoms with Crippen molar-refractivity contribution in [2.75, 3.05) is 17.2 Å². The van der Waals surface area contributed by atoms with Crippen molar-refractivity contribution in [1.29, 1.82) is 5.26 Å². The van der Waals surface area contributed by atoms with Crippen LogP contribution in [0.3, 0.4) is 0 Å². The van der Waals surface area contributed by atoms with Crippen LogP contribution in [0.1, 0.15) is 25.3 Å². The van der Waals surface area contributed by atoms with Gasteiger partial charge in [-0.3, -0.25) is 4.79 Å². The predicted octanol–water partition coefficient (Wildman–Crippen LogP) is 0.626. The third kappa shape index (κ3) is 2.60. The number of aromatic nitrogens is 1. The molecule has 0 aliphatic carbocycles. The van der Waals surface area contributed by atoms with Gasteiger partial charge >= 0.3 is 0 Å². The summed E-state index contributed by atoms with van der Waals surface area (Å²) in [5.74, 6) is 0.162. The van der Waals surface area contributed by atoms with Gasteiger partial charge in [-0.05, 0) is 25.8 Å². The number of nitrogens with zero attached hydrogens (tertiary/aromatic N) is 3. The Morgan fingerprint density at radius 3 is 2.89 bits per heavy atom. The van der Waals surface area contributed by atoms with E-state index in [0.717, 1.165) is 12.8 Å². The van der Waals surface area contributed by atoms with Crippen molar-refractivity contribution < 1.29 is 4.79 Å². The van der Waals surface area contributed by atoms with Gasteiger partial charge in [0.05, 0.1) is 17.2 Å². The Kier molecular flexibility index (Phi) is 3.56. The number of nitrogen functional groups attached to an aromatic ring is 1. The highest BCUT2D eigenvalue weighted by molar-refractivity contribution is 5.78. The van der Waals surface area contributed by atoms with Gasteiger partial charge in [0.25, 0.3) is 0 Å². The van der Waals surface area contributed by atoms with E-state index in [1.807, 2.05) is 11.0 Å². The third-order valence-electron chi connectivity index (χ3n) is 3.58. The molecule has 1 saturated heterocycles. The van der Waals surface area contributed by atoms with E-state index in [4.69, 9.17) is 16.7 Å². The van der Waals surface area contributed by atoms with Crippen LogP contribution in [-0.4, -0.2) is 23.5 Å². The molecule has 2 heterocycles. The molecule has 0 spiro atoms. The number of rotatable bonds is 2. The normalized spacial score (nSPS) is 22.8. The maximum Gasteiger partial charge on any atom is 0.222 e. The Hall–Kier alpha value is -2.29. The fourth-order valence-corrected chi connectivity index (χ4v) is 2.41. The summed E-state index contributed by atoms with van der Waals surface area (Å²) in [5, 5.41) is 8.81. The van der Waals surface area contributed by atoms with Crippen LogP contribution in [0.5, 0.6) is 0 Å². The summed E-state index contributed by atoms with van der Waals surface area (Å²) in [5.41, 5.74) is 12.2. The van der Waals surface area contributed by atoms with E-state index in [1.54, 1.807) is 6.07 Å². The number of pyridine rings is 1. The average molecular weight is 259 g/mol. The summed E-state index contributed by atoms with van der Waals surface area (Å²) in [4.78, 5) is 17.6. The van der Waals surface area contributed by atoms with Gasteiger partial charge in [-0.25, -0.2) is 4.98 Å². The molecule has 6 heteroatoms. The average Bonchev–Trinajstić information content (AvgIpc) is 2.39. The summed E-state index contributed by atoms with van der Waals surface area (Å²) in [6.45, 7) is 2.59. The lowest BCUT2D eigenvalue weighted by Crippen LogP contribution is -2.46. The molecule has 1 amide bonds. The molecule has 0 aromatic carbocycles. The molecule has 100 valence electrons. The molecule has 1 aliphatic heterocycles. The first kappa shape index (κ1) is 13.1. The van der Waals surface area contributed by atoms with E-state index in [2.05, 4.69) is 11.9 Å². The van der Waals surface area contributed by atoms with Crippen molar-refractivity contribution in [3.05, 3.63) is 17.8 Å². The highest BCUT2D eigenvalue weighted by Gasteiger charge is 2.30. The van der Waals surface area contributed by atoms with Crippen molar-refractivity contribution in [2.24, 2.45) is 11.7 Å². The Morgan fingerprint density at radius 2 is 2.32 bits per heavy atom. The molecule has 1 fully saturated rings. The molecule has 2 rings (SSSR count). The van der Waals surface area contributed by atoms with Gasteiger partial charge in [0.1, 0.15) is 6.07 Å². The smallest absolute Gasteiger partial charge is 0.222 e. The lowest BCUT2D eigenvalue weighted by molar-refractivity contribution is -0.122. The first-order valence-electron chi connectivity index (χ1n) is 6.24. The van der Waals surface area contributed by atoms with E-state index < -0.39 is 0 Å². The van der Waals surface area contributed by atoms with Crippen LogP contribution < -0.4 is 16.4 Å². The Morgan fingerprint density at radius 1 is 1.58 bits per heavy atom. The van der Waals surface area contributed by atoms with Crippen molar-refractivity contribution in [3.8, 4) is 6.07 Å².